The van der Waals surface area contributed by atoms with E-state index in [4.69, 9.17) is 8.83 Å². The highest BCUT2D eigenvalue weighted by Crippen LogP contribution is 2.45. The molecular formula is C46H26O2. The van der Waals surface area contributed by atoms with Crippen molar-refractivity contribution in [1.82, 2.24) is 0 Å². The molecule has 11 aromatic rings. The highest BCUT2D eigenvalue weighted by molar-refractivity contribution is 6.28. The summed E-state index contributed by atoms with van der Waals surface area (Å²) in [4.78, 5) is 0. The summed E-state index contributed by atoms with van der Waals surface area (Å²) in [5, 5.41) is 17.0. The van der Waals surface area contributed by atoms with Crippen LogP contribution >= 0.6 is 0 Å². The number of rotatable bonds is 2. The lowest BCUT2D eigenvalue weighted by Crippen LogP contribution is -1.89. The predicted molar refractivity (Wildman–Crippen MR) is 202 cm³/mol. The van der Waals surface area contributed by atoms with Gasteiger partial charge in [-0.15, -0.1) is 0 Å². The van der Waals surface area contributed by atoms with Gasteiger partial charge in [0.2, 0.25) is 0 Å². The van der Waals surface area contributed by atoms with E-state index in [0.29, 0.717) is 0 Å². The molecule has 2 nitrogen and oxygen atoms in total. The Labute approximate surface area is 275 Å². The number of benzene rings is 9. The zero-order chi connectivity index (χ0) is 31.3. The van der Waals surface area contributed by atoms with Gasteiger partial charge in [-0.25, -0.2) is 0 Å². The van der Waals surface area contributed by atoms with E-state index in [9.17, 15) is 0 Å². The zero-order valence-electron chi connectivity index (χ0n) is 25.8. The quantitative estimate of drug-likeness (QED) is 0.144. The Morgan fingerprint density at radius 3 is 1.27 bits per heavy atom. The first-order valence-electron chi connectivity index (χ1n) is 16.4. The topological polar surface area (TPSA) is 26.3 Å². The second kappa shape index (κ2) is 9.57. The van der Waals surface area contributed by atoms with E-state index in [1.807, 2.05) is 0 Å². The molecule has 0 aliphatic carbocycles. The first kappa shape index (κ1) is 25.8. The second-order valence-electron chi connectivity index (χ2n) is 12.9. The first-order chi connectivity index (χ1) is 23.8. The van der Waals surface area contributed by atoms with Gasteiger partial charge in [0.15, 0.2) is 0 Å². The van der Waals surface area contributed by atoms with Gasteiger partial charge in [0.25, 0.3) is 0 Å². The highest BCUT2D eigenvalue weighted by atomic mass is 16.3. The van der Waals surface area contributed by atoms with Gasteiger partial charge in [-0.2, -0.15) is 0 Å². The fraction of sp³-hybridized carbons (Fsp3) is 0. The molecule has 48 heavy (non-hydrogen) atoms. The number of furan rings is 2. The minimum atomic E-state index is 0.900. The van der Waals surface area contributed by atoms with E-state index in [2.05, 4.69) is 146 Å². The molecule has 0 radical (unpaired) electrons. The molecule has 0 amide bonds. The molecule has 9 aromatic carbocycles. The van der Waals surface area contributed by atoms with E-state index in [-0.39, 0.29) is 0 Å². The van der Waals surface area contributed by atoms with Crippen molar-refractivity contribution in [1.29, 1.82) is 0 Å². The van der Waals surface area contributed by atoms with Crippen LogP contribution in [0.25, 0.3) is 109 Å². The van der Waals surface area contributed by atoms with Crippen molar-refractivity contribution in [2.75, 3.05) is 0 Å². The third-order valence-corrected chi connectivity index (χ3v) is 10.3. The summed E-state index contributed by atoms with van der Waals surface area (Å²) in [5.41, 5.74) is 6.63. The third kappa shape index (κ3) is 3.63. The largest absolute Gasteiger partial charge is 0.464 e. The van der Waals surface area contributed by atoms with Crippen LogP contribution in [0.5, 0.6) is 0 Å². The Morgan fingerprint density at radius 1 is 0.292 bits per heavy atom. The Hall–Kier alpha value is -6.38. The summed E-state index contributed by atoms with van der Waals surface area (Å²) < 4.78 is 11.9. The van der Waals surface area contributed by atoms with E-state index in [1.54, 1.807) is 12.5 Å². The molecule has 0 atom stereocenters. The molecule has 0 fully saturated rings. The fourth-order valence-electron chi connectivity index (χ4n) is 8.08. The smallest absolute Gasteiger partial charge is 0.134 e. The van der Waals surface area contributed by atoms with Crippen LogP contribution in [-0.4, -0.2) is 0 Å². The lowest BCUT2D eigenvalue weighted by molar-refractivity contribution is 0.616. The number of hydrogen-bond acceptors (Lipinski definition) is 2. The van der Waals surface area contributed by atoms with Gasteiger partial charge in [-0.05, 0) is 149 Å². The predicted octanol–water partition coefficient (Wildman–Crippen LogP) is 13.4. The summed E-state index contributed by atoms with van der Waals surface area (Å²) in [7, 11) is 0. The molecule has 0 saturated heterocycles. The summed E-state index contributed by atoms with van der Waals surface area (Å²) in [5.74, 6) is 0. The minimum absolute atomic E-state index is 0.900. The summed E-state index contributed by atoms with van der Waals surface area (Å²) >= 11 is 0. The first-order valence-corrected chi connectivity index (χ1v) is 16.4. The monoisotopic (exact) mass is 610 g/mol. The second-order valence-corrected chi connectivity index (χ2v) is 12.9. The van der Waals surface area contributed by atoms with Gasteiger partial charge < -0.3 is 8.83 Å². The molecule has 0 aliphatic rings. The number of fused-ring (bicyclic) bond motifs is 12. The van der Waals surface area contributed by atoms with Gasteiger partial charge in [-0.1, -0.05) is 72.8 Å². The van der Waals surface area contributed by atoms with Crippen molar-refractivity contribution in [2.24, 2.45) is 0 Å². The molecule has 2 heterocycles. The van der Waals surface area contributed by atoms with Crippen LogP contribution in [0.15, 0.2) is 167 Å². The molecule has 0 unspecified atom stereocenters. The van der Waals surface area contributed by atoms with Crippen LogP contribution in [0.4, 0.5) is 0 Å². The Kier molecular flexibility index (Phi) is 5.14. The molecule has 11 rings (SSSR count). The molecular weight excluding hydrogens is 585 g/mol. The van der Waals surface area contributed by atoms with Crippen molar-refractivity contribution in [3.8, 4) is 22.3 Å². The maximum Gasteiger partial charge on any atom is 0.134 e. The van der Waals surface area contributed by atoms with Crippen LogP contribution in [0.1, 0.15) is 0 Å². The third-order valence-electron chi connectivity index (χ3n) is 10.3. The molecule has 2 aromatic heterocycles. The Morgan fingerprint density at radius 2 is 0.771 bits per heavy atom. The average molecular weight is 611 g/mol. The molecule has 0 bridgehead atoms. The lowest BCUT2D eigenvalue weighted by atomic mass is 9.87. The summed E-state index contributed by atoms with van der Waals surface area (Å²) in [6.07, 6.45) is 3.60. The van der Waals surface area contributed by atoms with Crippen LogP contribution in [0.2, 0.25) is 0 Å². The number of hydrogen-bond donors (Lipinski definition) is 0. The van der Waals surface area contributed by atoms with E-state index < -0.39 is 0 Å². The maximum absolute atomic E-state index is 5.93. The van der Waals surface area contributed by atoms with Crippen LogP contribution < -0.4 is 0 Å². The average Bonchev–Trinajstić information content (AvgIpc) is 3.83. The molecule has 222 valence electrons. The van der Waals surface area contributed by atoms with Crippen LogP contribution in [-0.2, 0) is 0 Å². The van der Waals surface area contributed by atoms with Gasteiger partial charge in [-0.3, -0.25) is 0 Å². The lowest BCUT2D eigenvalue weighted by Gasteiger charge is -2.16. The fourth-order valence-corrected chi connectivity index (χ4v) is 8.08. The zero-order valence-corrected chi connectivity index (χ0v) is 25.8. The van der Waals surface area contributed by atoms with Gasteiger partial charge >= 0.3 is 0 Å². The molecule has 2 heteroatoms. The standard InChI is InChI=1S/C46H26O2/c1-3-7-29-21-31(11-9-27(29)5-1)41-24-33-23-34-25-42(32-12-10-28-6-2-4-8-30(28)22-32)46-36(14-16-44-38(46)18-20-48-44)40(34)26-39(33)35-13-15-43-37(45(35)41)17-19-47-43/h1-26H. The SMILES string of the molecule is c1ccc2cc(-c3cc4cc5cc(-c6ccc7ccccc7c6)c6c7ccoc7ccc6c5cc4c4ccc5occc5c34)ccc2c1. The van der Waals surface area contributed by atoms with Crippen molar-refractivity contribution < 1.29 is 8.83 Å². The van der Waals surface area contributed by atoms with Crippen LogP contribution in [0, 0.1) is 0 Å². The van der Waals surface area contributed by atoms with E-state index in [0.717, 1.165) is 21.9 Å². The summed E-state index contributed by atoms with van der Waals surface area (Å²) in [6, 6.07) is 53.2. The molecule has 0 aliphatic heterocycles. The van der Waals surface area contributed by atoms with Gasteiger partial charge in [0.05, 0.1) is 12.5 Å². The Balaban J connectivity index is 1.28. The van der Waals surface area contributed by atoms with Crippen molar-refractivity contribution >= 4 is 86.6 Å². The van der Waals surface area contributed by atoms with Crippen molar-refractivity contribution in [3.63, 3.8) is 0 Å². The maximum atomic E-state index is 5.93. The highest BCUT2D eigenvalue weighted by Gasteiger charge is 2.18. The van der Waals surface area contributed by atoms with E-state index >= 15 is 0 Å². The Bertz CT molecular complexity index is 2910. The molecule has 0 N–H and O–H groups in total. The van der Waals surface area contributed by atoms with Crippen molar-refractivity contribution in [2.45, 2.75) is 0 Å². The van der Waals surface area contributed by atoms with E-state index in [1.165, 1.54) is 86.9 Å². The minimum Gasteiger partial charge on any atom is -0.464 e. The van der Waals surface area contributed by atoms with Gasteiger partial charge in [0, 0.05) is 21.5 Å². The molecule has 0 saturated carbocycles. The van der Waals surface area contributed by atoms with Crippen LogP contribution in [0.3, 0.4) is 0 Å². The van der Waals surface area contributed by atoms with Crippen molar-refractivity contribution in [3.05, 3.63) is 158 Å². The molecule has 0 spiro atoms. The van der Waals surface area contributed by atoms with Gasteiger partial charge in [0.1, 0.15) is 11.2 Å². The summed E-state index contributed by atoms with van der Waals surface area (Å²) in [6.45, 7) is 0. The normalized spacial score (nSPS) is 12.2.